The monoisotopic (exact) mass is 369 g/mol. The van der Waals surface area contributed by atoms with E-state index in [1.54, 1.807) is 19.9 Å². The second-order valence-electron chi connectivity index (χ2n) is 6.21. The van der Waals surface area contributed by atoms with Gasteiger partial charge in [-0.25, -0.2) is 17.9 Å². The molecule has 0 spiro atoms. The van der Waals surface area contributed by atoms with E-state index in [9.17, 15) is 18.0 Å². The first-order valence-corrected chi connectivity index (χ1v) is 9.75. The first kappa shape index (κ1) is 19.4. The van der Waals surface area contributed by atoms with Crippen LogP contribution in [0.25, 0.3) is 0 Å². The lowest BCUT2D eigenvalue weighted by Crippen LogP contribution is -2.38. The maximum Gasteiger partial charge on any atom is 0.338 e. The van der Waals surface area contributed by atoms with Gasteiger partial charge in [0.2, 0.25) is 10.0 Å². The van der Waals surface area contributed by atoms with Crippen LogP contribution < -0.4 is 4.72 Å². The van der Waals surface area contributed by atoms with E-state index in [0.717, 1.165) is 0 Å². The van der Waals surface area contributed by atoms with E-state index in [1.807, 2.05) is 0 Å². The van der Waals surface area contributed by atoms with Gasteiger partial charge in [-0.15, -0.1) is 0 Å². The topological polar surface area (TPSA) is 110 Å². The van der Waals surface area contributed by atoms with Crippen molar-refractivity contribution in [2.24, 2.45) is 5.92 Å². The number of rotatable bonds is 6. The fraction of sp³-hybridized carbons (Fsp3) is 0.529. The quantitative estimate of drug-likeness (QED) is 0.743. The van der Waals surface area contributed by atoms with Gasteiger partial charge in [-0.2, -0.15) is 0 Å². The lowest BCUT2D eigenvalue weighted by molar-refractivity contribution is -0.142. The number of hydrogen-bond donors (Lipinski definition) is 2. The Hall–Kier alpha value is -1.93. The normalized spacial score (nSPS) is 20.9. The number of hydrogen-bond acceptors (Lipinski definition) is 5. The Morgan fingerprint density at radius 2 is 1.88 bits per heavy atom. The van der Waals surface area contributed by atoms with Gasteiger partial charge >= 0.3 is 11.9 Å². The molecule has 1 aliphatic rings. The SMILES string of the molecule is CCOC(=O)c1cc(S(=O)(=O)NC2CCC(C(=O)O)CC2)ccc1C. The first-order chi connectivity index (χ1) is 11.7. The summed E-state index contributed by atoms with van der Waals surface area (Å²) >= 11 is 0. The Morgan fingerprint density at radius 1 is 1.24 bits per heavy atom. The van der Waals surface area contributed by atoms with Gasteiger partial charge in [0, 0.05) is 6.04 Å². The largest absolute Gasteiger partial charge is 0.481 e. The fourth-order valence-corrected chi connectivity index (χ4v) is 4.27. The molecule has 1 saturated carbocycles. The van der Waals surface area contributed by atoms with Crippen LogP contribution in [0.2, 0.25) is 0 Å². The zero-order valence-electron chi connectivity index (χ0n) is 14.3. The predicted molar refractivity (Wildman–Crippen MR) is 90.8 cm³/mol. The Morgan fingerprint density at radius 3 is 2.44 bits per heavy atom. The van der Waals surface area contributed by atoms with Crippen LogP contribution in [0.3, 0.4) is 0 Å². The van der Waals surface area contributed by atoms with Gasteiger partial charge in [0.25, 0.3) is 0 Å². The van der Waals surface area contributed by atoms with Crippen LogP contribution in [-0.2, 0) is 19.6 Å². The highest BCUT2D eigenvalue weighted by molar-refractivity contribution is 7.89. The zero-order valence-corrected chi connectivity index (χ0v) is 15.1. The molecule has 0 saturated heterocycles. The number of carbonyl (C=O) groups is 2. The fourth-order valence-electron chi connectivity index (χ4n) is 2.94. The van der Waals surface area contributed by atoms with Gasteiger partial charge in [0.15, 0.2) is 0 Å². The Bertz CT molecular complexity index is 750. The summed E-state index contributed by atoms with van der Waals surface area (Å²) in [5, 5.41) is 9.00. The lowest BCUT2D eigenvalue weighted by atomic mass is 9.87. The van der Waals surface area contributed by atoms with E-state index >= 15 is 0 Å². The summed E-state index contributed by atoms with van der Waals surface area (Å²) < 4.78 is 32.7. The summed E-state index contributed by atoms with van der Waals surface area (Å²) in [4.78, 5) is 22.9. The molecule has 1 aromatic carbocycles. The minimum Gasteiger partial charge on any atom is -0.481 e. The molecule has 2 rings (SSSR count). The highest BCUT2D eigenvalue weighted by Crippen LogP contribution is 2.26. The zero-order chi connectivity index (χ0) is 18.6. The molecule has 1 aliphatic carbocycles. The Kier molecular flexibility index (Phi) is 6.18. The van der Waals surface area contributed by atoms with Crippen molar-refractivity contribution in [3.05, 3.63) is 29.3 Å². The van der Waals surface area contributed by atoms with Crippen LogP contribution in [0, 0.1) is 12.8 Å². The lowest BCUT2D eigenvalue weighted by Gasteiger charge is -2.26. The van der Waals surface area contributed by atoms with E-state index in [1.165, 1.54) is 12.1 Å². The van der Waals surface area contributed by atoms with E-state index in [2.05, 4.69) is 4.72 Å². The molecule has 2 N–H and O–H groups in total. The molecular weight excluding hydrogens is 346 g/mol. The summed E-state index contributed by atoms with van der Waals surface area (Å²) in [6, 6.07) is 4.04. The number of carbonyl (C=O) groups excluding carboxylic acids is 1. The number of carboxylic acids is 1. The molecule has 0 heterocycles. The number of aliphatic carboxylic acids is 1. The van der Waals surface area contributed by atoms with Gasteiger partial charge in [0.1, 0.15) is 0 Å². The molecule has 0 radical (unpaired) electrons. The average molecular weight is 369 g/mol. The number of esters is 1. The van der Waals surface area contributed by atoms with Gasteiger partial charge in [0.05, 0.1) is 23.0 Å². The third kappa shape index (κ3) is 4.79. The van der Waals surface area contributed by atoms with Crippen molar-refractivity contribution in [2.75, 3.05) is 6.61 Å². The van der Waals surface area contributed by atoms with Gasteiger partial charge < -0.3 is 9.84 Å². The number of benzene rings is 1. The molecule has 0 aromatic heterocycles. The van der Waals surface area contributed by atoms with Crippen LogP contribution in [0.15, 0.2) is 23.1 Å². The van der Waals surface area contributed by atoms with Crippen molar-refractivity contribution in [2.45, 2.75) is 50.5 Å². The summed E-state index contributed by atoms with van der Waals surface area (Å²) in [6.07, 6.45) is 1.86. The highest BCUT2D eigenvalue weighted by atomic mass is 32.2. The van der Waals surface area contributed by atoms with E-state index in [4.69, 9.17) is 9.84 Å². The summed E-state index contributed by atoms with van der Waals surface area (Å²) in [5.41, 5.74) is 0.860. The highest BCUT2D eigenvalue weighted by Gasteiger charge is 2.29. The molecule has 0 amide bonds. The van der Waals surface area contributed by atoms with E-state index < -0.39 is 27.9 Å². The molecule has 0 atom stereocenters. The third-order valence-corrected chi connectivity index (χ3v) is 5.93. The maximum atomic E-state index is 12.6. The molecule has 1 aromatic rings. The molecule has 138 valence electrons. The first-order valence-electron chi connectivity index (χ1n) is 8.27. The van der Waals surface area contributed by atoms with E-state index in [0.29, 0.717) is 31.2 Å². The van der Waals surface area contributed by atoms with Crippen LogP contribution in [-0.4, -0.2) is 38.1 Å². The molecule has 7 nitrogen and oxygen atoms in total. The summed E-state index contributed by atoms with van der Waals surface area (Å²) in [6.45, 7) is 3.60. The number of carboxylic acid groups (broad SMARTS) is 1. The van der Waals surface area contributed by atoms with Crippen molar-refractivity contribution < 1.29 is 27.9 Å². The standard InChI is InChI=1S/C17H23NO6S/c1-3-24-17(21)15-10-14(9-4-11(15)2)25(22,23)18-13-7-5-12(6-8-13)16(19)20/h4,9-10,12-13,18H,3,5-8H2,1-2H3,(H,19,20). The van der Waals surface area contributed by atoms with Gasteiger partial charge in [-0.05, 0) is 57.2 Å². The molecular formula is C17H23NO6S. The molecule has 0 unspecified atom stereocenters. The molecule has 1 fully saturated rings. The van der Waals surface area contributed by atoms with Crippen molar-refractivity contribution in [1.82, 2.24) is 4.72 Å². The van der Waals surface area contributed by atoms with Crippen LogP contribution >= 0.6 is 0 Å². The summed E-state index contributed by atoms with van der Waals surface area (Å²) in [5.74, 6) is -1.80. The van der Waals surface area contributed by atoms with E-state index in [-0.39, 0.29) is 23.1 Å². The van der Waals surface area contributed by atoms with Crippen LogP contribution in [0.5, 0.6) is 0 Å². The van der Waals surface area contributed by atoms with Crippen molar-refractivity contribution in [3.63, 3.8) is 0 Å². The Balaban J connectivity index is 2.13. The van der Waals surface area contributed by atoms with Gasteiger partial charge in [-0.3, -0.25) is 4.79 Å². The average Bonchev–Trinajstić information content (AvgIpc) is 2.55. The number of ether oxygens (including phenoxy) is 1. The van der Waals surface area contributed by atoms with Crippen LogP contribution in [0.4, 0.5) is 0 Å². The summed E-state index contributed by atoms with van der Waals surface area (Å²) in [7, 11) is -3.79. The molecule has 0 bridgehead atoms. The Labute approximate surface area is 147 Å². The second-order valence-corrected chi connectivity index (χ2v) is 7.92. The molecule has 0 aliphatic heterocycles. The number of aryl methyl sites for hydroxylation is 1. The minimum atomic E-state index is -3.79. The smallest absolute Gasteiger partial charge is 0.338 e. The van der Waals surface area contributed by atoms with Crippen molar-refractivity contribution in [3.8, 4) is 0 Å². The van der Waals surface area contributed by atoms with Crippen molar-refractivity contribution in [1.29, 1.82) is 0 Å². The third-order valence-electron chi connectivity index (χ3n) is 4.41. The minimum absolute atomic E-state index is 0.00140. The maximum absolute atomic E-state index is 12.6. The molecule has 25 heavy (non-hydrogen) atoms. The molecule has 8 heteroatoms. The van der Waals surface area contributed by atoms with Crippen LogP contribution in [0.1, 0.15) is 48.5 Å². The van der Waals surface area contributed by atoms with Gasteiger partial charge in [-0.1, -0.05) is 6.07 Å². The van der Waals surface area contributed by atoms with Crippen molar-refractivity contribution >= 4 is 22.0 Å². The number of nitrogens with one attached hydrogen (secondary N) is 1. The number of sulfonamides is 1. The second kappa shape index (κ2) is 7.97. The predicted octanol–water partition coefficient (Wildman–Crippen LogP) is 2.09.